The van der Waals surface area contributed by atoms with Crippen molar-refractivity contribution in [1.29, 1.82) is 0 Å². The number of carbonyl (C=O) groups is 1. The van der Waals surface area contributed by atoms with E-state index in [4.69, 9.17) is 9.84 Å². The van der Waals surface area contributed by atoms with Crippen LogP contribution in [0.1, 0.15) is 38.5 Å². The highest BCUT2D eigenvalue weighted by molar-refractivity contribution is 5.67. The number of aliphatic carboxylic acids is 1. The van der Waals surface area contributed by atoms with Crippen LogP contribution >= 0.6 is 0 Å². The number of carboxylic acid groups (broad SMARTS) is 1. The molecule has 2 unspecified atom stereocenters. The fraction of sp³-hybridized carbons (Fsp3) is 0.917. The molecule has 1 N–H and O–H groups in total. The smallest absolute Gasteiger partial charge is 0.303 e. The highest BCUT2D eigenvalue weighted by Crippen LogP contribution is 2.41. The van der Waals surface area contributed by atoms with E-state index in [1.807, 2.05) is 0 Å². The molecule has 15 heavy (non-hydrogen) atoms. The topological polar surface area (TPSA) is 46.5 Å². The molecule has 2 atom stereocenters. The van der Waals surface area contributed by atoms with Gasteiger partial charge in [-0.1, -0.05) is 19.3 Å². The van der Waals surface area contributed by atoms with Crippen molar-refractivity contribution in [3.05, 3.63) is 0 Å². The molecule has 0 amide bonds. The van der Waals surface area contributed by atoms with Crippen LogP contribution in [0.15, 0.2) is 0 Å². The summed E-state index contributed by atoms with van der Waals surface area (Å²) in [6.07, 6.45) is 6.36. The van der Waals surface area contributed by atoms with Crippen molar-refractivity contribution in [3.8, 4) is 0 Å². The maximum atomic E-state index is 10.9. The molecule has 2 rings (SSSR count). The van der Waals surface area contributed by atoms with E-state index in [9.17, 15) is 4.79 Å². The summed E-state index contributed by atoms with van der Waals surface area (Å²) in [6.45, 7) is 1.65. The molecular formula is C12H20O3. The van der Waals surface area contributed by atoms with Crippen molar-refractivity contribution in [2.24, 2.45) is 17.8 Å². The van der Waals surface area contributed by atoms with Gasteiger partial charge in [-0.15, -0.1) is 0 Å². The van der Waals surface area contributed by atoms with Gasteiger partial charge in [0.1, 0.15) is 0 Å². The van der Waals surface area contributed by atoms with Gasteiger partial charge < -0.3 is 9.84 Å². The normalized spacial score (nSPS) is 29.5. The molecule has 86 valence electrons. The van der Waals surface area contributed by atoms with Crippen molar-refractivity contribution in [2.45, 2.75) is 38.5 Å². The van der Waals surface area contributed by atoms with Gasteiger partial charge in [0.15, 0.2) is 0 Å². The Kier molecular flexibility index (Phi) is 3.62. The van der Waals surface area contributed by atoms with Crippen LogP contribution in [0.25, 0.3) is 0 Å². The minimum Gasteiger partial charge on any atom is -0.481 e. The molecule has 0 bridgehead atoms. The van der Waals surface area contributed by atoms with E-state index < -0.39 is 5.97 Å². The molecule has 1 saturated carbocycles. The highest BCUT2D eigenvalue weighted by atomic mass is 16.5. The van der Waals surface area contributed by atoms with Gasteiger partial charge in [-0.3, -0.25) is 4.79 Å². The summed E-state index contributed by atoms with van der Waals surface area (Å²) < 4.78 is 5.47. The van der Waals surface area contributed by atoms with Gasteiger partial charge in [-0.25, -0.2) is 0 Å². The highest BCUT2D eigenvalue weighted by Gasteiger charge is 2.35. The molecule has 0 aromatic heterocycles. The number of rotatable bonds is 4. The summed E-state index contributed by atoms with van der Waals surface area (Å²) >= 11 is 0. The lowest BCUT2D eigenvalue weighted by Gasteiger charge is -2.39. The van der Waals surface area contributed by atoms with E-state index >= 15 is 0 Å². The van der Waals surface area contributed by atoms with E-state index in [0.29, 0.717) is 24.2 Å². The van der Waals surface area contributed by atoms with E-state index in [0.717, 1.165) is 26.1 Å². The molecule has 2 aliphatic rings. The van der Waals surface area contributed by atoms with Gasteiger partial charge in [0.2, 0.25) is 0 Å². The zero-order valence-corrected chi connectivity index (χ0v) is 9.15. The molecule has 1 saturated heterocycles. The average molecular weight is 212 g/mol. The number of ether oxygens (including phenoxy) is 1. The van der Waals surface area contributed by atoms with Crippen LogP contribution in [0.5, 0.6) is 0 Å². The lowest BCUT2D eigenvalue weighted by molar-refractivity contribution is -0.140. The molecule has 1 heterocycles. The Bertz CT molecular complexity index is 217. The Balaban J connectivity index is 1.92. The third kappa shape index (κ3) is 2.71. The van der Waals surface area contributed by atoms with Crippen LogP contribution in [-0.2, 0) is 9.53 Å². The molecular weight excluding hydrogens is 192 g/mol. The van der Waals surface area contributed by atoms with Crippen LogP contribution in [0.3, 0.4) is 0 Å². The Hall–Kier alpha value is -0.570. The van der Waals surface area contributed by atoms with E-state index in [1.54, 1.807) is 0 Å². The van der Waals surface area contributed by atoms with Gasteiger partial charge in [-0.05, 0) is 30.6 Å². The average Bonchev–Trinajstić information content (AvgIpc) is 2.15. The second-order valence-corrected chi connectivity index (χ2v) is 4.93. The molecule has 0 aromatic carbocycles. The summed E-state index contributed by atoms with van der Waals surface area (Å²) in [5.74, 6) is 0.891. The maximum absolute atomic E-state index is 10.9. The predicted octanol–water partition coefficient (Wildman–Crippen LogP) is 2.30. The Morgan fingerprint density at radius 2 is 2.00 bits per heavy atom. The quantitative estimate of drug-likeness (QED) is 0.777. The summed E-state index contributed by atoms with van der Waals surface area (Å²) in [7, 11) is 0. The van der Waals surface area contributed by atoms with Crippen LogP contribution < -0.4 is 0 Å². The van der Waals surface area contributed by atoms with Crippen molar-refractivity contribution in [1.82, 2.24) is 0 Å². The van der Waals surface area contributed by atoms with E-state index in [1.165, 1.54) is 19.3 Å². The van der Waals surface area contributed by atoms with Crippen LogP contribution in [-0.4, -0.2) is 24.3 Å². The lowest BCUT2D eigenvalue weighted by atomic mass is 9.68. The lowest BCUT2D eigenvalue weighted by Crippen LogP contribution is -2.34. The second kappa shape index (κ2) is 4.97. The van der Waals surface area contributed by atoms with Gasteiger partial charge in [0.25, 0.3) is 0 Å². The number of hydrogen-bond donors (Lipinski definition) is 1. The fourth-order valence-corrected chi connectivity index (χ4v) is 2.89. The first-order valence-electron chi connectivity index (χ1n) is 6.07. The maximum Gasteiger partial charge on any atom is 0.303 e. The Morgan fingerprint density at radius 3 is 2.47 bits per heavy atom. The van der Waals surface area contributed by atoms with Crippen LogP contribution in [0.4, 0.5) is 0 Å². The summed E-state index contributed by atoms with van der Waals surface area (Å²) in [5.41, 5.74) is 0. The van der Waals surface area contributed by atoms with Gasteiger partial charge >= 0.3 is 5.97 Å². The third-order valence-corrected chi connectivity index (χ3v) is 3.97. The zero-order valence-electron chi connectivity index (χ0n) is 9.15. The molecule has 0 aromatic rings. The van der Waals surface area contributed by atoms with Crippen molar-refractivity contribution in [3.63, 3.8) is 0 Å². The molecule has 2 fully saturated rings. The predicted molar refractivity (Wildman–Crippen MR) is 56.6 cm³/mol. The molecule has 1 aliphatic carbocycles. The minimum atomic E-state index is -0.641. The summed E-state index contributed by atoms with van der Waals surface area (Å²) in [5, 5.41) is 8.94. The summed E-state index contributed by atoms with van der Waals surface area (Å²) in [4.78, 5) is 10.9. The van der Waals surface area contributed by atoms with Crippen LogP contribution in [0.2, 0.25) is 0 Å². The molecule has 1 aliphatic heterocycles. The van der Waals surface area contributed by atoms with Crippen LogP contribution in [0, 0.1) is 17.8 Å². The fourth-order valence-electron chi connectivity index (χ4n) is 2.89. The first kappa shape index (κ1) is 10.9. The largest absolute Gasteiger partial charge is 0.481 e. The van der Waals surface area contributed by atoms with Gasteiger partial charge in [0, 0.05) is 19.6 Å². The Morgan fingerprint density at radius 1 is 1.27 bits per heavy atom. The van der Waals surface area contributed by atoms with Crippen molar-refractivity contribution < 1.29 is 14.6 Å². The standard InChI is InChI=1S/C12H20O3/c13-12(14)7-11(9-3-1-4-9)10-5-2-6-15-8-10/h9-11H,1-8H2,(H,13,14). The SMILES string of the molecule is O=C(O)CC(C1CCC1)C1CCCOC1. The number of hydrogen-bond acceptors (Lipinski definition) is 2. The summed E-state index contributed by atoms with van der Waals surface area (Å²) in [6, 6.07) is 0. The van der Waals surface area contributed by atoms with Crippen molar-refractivity contribution >= 4 is 5.97 Å². The molecule has 0 radical (unpaired) electrons. The molecule has 3 heteroatoms. The van der Waals surface area contributed by atoms with E-state index in [-0.39, 0.29) is 0 Å². The molecule has 0 spiro atoms. The monoisotopic (exact) mass is 212 g/mol. The first-order chi connectivity index (χ1) is 7.27. The third-order valence-electron chi connectivity index (χ3n) is 3.97. The minimum absolute atomic E-state index is 0.346. The molecule has 3 nitrogen and oxygen atoms in total. The van der Waals surface area contributed by atoms with Gasteiger partial charge in [-0.2, -0.15) is 0 Å². The van der Waals surface area contributed by atoms with E-state index in [2.05, 4.69) is 0 Å². The number of carboxylic acids is 1. The van der Waals surface area contributed by atoms with Crippen molar-refractivity contribution in [2.75, 3.05) is 13.2 Å². The van der Waals surface area contributed by atoms with Gasteiger partial charge in [0.05, 0.1) is 0 Å². The second-order valence-electron chi connectivity index (χ2n) is 4.93. The first-order valence-corrected chi connectivity index (χ1v) is 6.07. The Labute approximate surface area is 90.8 Å². The zero-order chi connectivity index (χ0) is 10.7.